The highest BCUT2D eigenvalue weighted by Gasteiger charge is 2.05. The van der Waals surface area contributed by atoms with Gasteiger partial charge < -0.3 is 10.6 Å². The maximum Gasteiger partial charge on any atom is 0.221 e. The molecule has 0 aromatic carbocycles. The monoisotopic (exact) mass is 246 g/mol. The molecule has 0 spiro atoms. The standard InChI is InChI=1S/C13H18N4O/c1-3-10(2)16-13(18)7-8-15-12-6-4-5-11(9-14)17-12/h4-6,10H,3,7-8H2,1-2H3,(H,15,17)(H,16,18). The molecule has 1 aromatic heterocycles. The predicted molar refractivity (Wildman–Crippen MR) is 70.0 cm³/mol. The molecule has 5 heteroatoms. The normalized spacial score (nSPS) is 11.4. The first kappa shape index (κ1) is 14.0. The second-order valence-corrected chi connectivity index (χ2v) is 4.07. The third kappa shape index (κ3) is 4.83. The predicted octanol–water partition coefficient (Wildman–Crippen LogP) is 1.67. The lowest BCUT2D eigenvalue weighted by Crippen LogP contribution is -2.33. The Hall–Kier alpha value is -2.09. The van der Waals surface area contributed by atoms with E-state index in [0.29, 0.717) is 24.5 Å². The highest BCUT2D eigenvalue weighted by Crippen LogP contribution is 2.03. The molecule has 96 valence electrons. The number of rotatable bonds is 6. The van der Waals surface area contributed by atoms with Gasteiger partial charge in [0, 0.05) is 19.0 Å². The van der Waals surface area contributed by atoms with E-state index in [0.717, 1.165) is 6.42 Å². The molecular formula is C13H18N4O. The fourth-order valence-corrected chi connectivity index (χ4v) is 1.35. The zero-order chi connectivity index (χ0) is 13.4. The van der Waals surface area contributed by atoms with Crippen molar-refractivity contribution in [1.82, 2.24) is 10.3 Å². The van der Waals surface area contributed by atoms with Gasteiger partial charge in [0.2, 0.25) is 5.91 Å². The zero-order valence-electron chi connectivity index (χ0n) is 10.7. The number of pyridine rings is 1. The van der Waals surface area contributed by atoms with Crippen LogP contribution in [0.5, 0.6) is 0 Å². The molecule has 1 atom stereocenters. The van der Waals surface area contributed by atoms with Gasteiger partial charge in [-0.25, -0.2) is 4.98 Å². The molecule has 0 aliphatic heterocycles. The Labute approximate surface area is 107 Å². The maximum atomic E-state index is 11.5. The van der Waals surface area contributed by atoms with E-state index in [9.17, 15) is 4.79 Å². The number of amides is 1. The average Bonchev–Trinajstić information content (AvgIpc) is 2.38. The molecule has 1 heterocycles. The van der Waals surface area contributed by atoms with E-state index in [4.69, 9.17) is 5.26 Å². The van der Waals surface area contributed by atoms with Crippen LogP contribution in [0, 0.1) is 11.3 Å². The van der Waals surface area contributed by atoms with Gasteiger partial charge in [-0.2, -0.15) is 5.26 Å². The first-order chi connectivity index (χ1) is 8.65. The number of anilines is 1. The Morgan fingerprint density at radius 3 is 3.00 bits per heavy atom. The van der Waals surface area contributed by atoms with Gasteiger partial charge in [-0.1, -0.05) is 13.0 Å². The molecule has 0 fully saturated rings. The molecule has 0 radical (unpaired) electrons. The van der Waals surface area contributed by atoms with Crippen LogP contribution in [-0.2, 0) is 4.79 Å². The third-order valence-corrected chi connectivity index (χ3v) is 2.54. The number of carbonyl (C=O) groups is 1. The molecule has 0 saturated carbocycles. The van der Waals surface area contributed by atoms with Crippen molar-refractivity contribution in [2.45, 2.75) is 32.7 Å². The number of nitrogens with zero attached hydrogens (tertiary/aromatic N) is 2. The molecule has 1 aromatic rings. The van der Waals surface area contributed by atoms with Crippen LogP contribution in [0.3, 0.4) is 0 Å². The van der Waals surface area contributed by atoms with Crippen LogP contribution in [0.15, 0.2) is 18.2 Å². The molecule has 0 aliphatic rings. The summed E-state index contributed by atoms with van der Waals surface area (Å²) in [6.07, 6.45) is 1.31. The lowest BCUT2D eigenvalue weighted by Gasteiger charge is -2.11. The van der Waals surface area contributed by atoms with Gasteiger partial charge in [0.1, 0.15) is 17.6 Å². The van der Waals surface area contributed by atoms with Crippen LogP contribution in [0.25, 0.3) is 0 Å². The van der Waals surface area contributed by atoms with E-state index in [2.05, 4.69) is 15.6 Å². The molecular weight excluding hydrogens is 228 g/mol. The second kappa shape index (κ2) is 7.28. The van der Waals surface area contributed by atoms with Gasteiger partial charge in [0.05, 0.1) is 0 Å². The second-order valence-electron chi connectivity index (χ2n) is 4.07. The van der Waals surface area contributed by atoms with Crippen molar-refractivity contribution in [2.75, 3.05) is 11.9 Å². The highest BCUT2D eigenvalue weighted by molar-refractivity contribution is 5.76. The minimum Gasteiger partial charge on any atom is -0.370 e. The van der Waals surface area contributed by atoms with E-state index < -0.39 is 0 Å². The summed E-state index contributed by atoms with van der Waals surface area (Å²) >= 11 is 0. The summed E-state index contributed by atoms with van der Waals surface area (Å²) in [5.74, 6) is 0.638. The van der Waals surface area contributed by atoms with Gasteiger partial charge in [0.25, 0.3) is 0 Å². The molecule has 0 saturated heterocycles. The number of nitriles is 1. The van der Waals surface area contributed by atoms with Gasteiger partial charge in [-0.05, 0) is 25.5 Å². The van der Waals surface area contributed by atoms with E-state index in [-0.39, 0.29) is 11.9 Å². The fourth-order valence-electron chi connectivity index (χ4n) is 1.35. The van der Waals surface area contributed by atoms with E-state index in [1.54, 1.807) is 18.2 Å². The summed E-state index contributed by atoms with van der Waals surface area (Å²) in [4.78, 5) is 15.6. The van der Waals surface area contributed by atoms with Gasteiger partial charge in [-0.3, -0.25) is 4.79 Å². The topological polar surface area (TPSA) is 77.8 Å². The van der Waals surface area contributed by atoms with E-state index in [1.165, 1.54) is 0 Å². The summed E-state index contributed by atoms with van der Waals surface area (Å²) in [7, 11) is 0. The van der Waals surface area contributed by atoms with Crippen molar-refractivity contribution < 1.29 is 4.79 Å². The van der Waals surface area contributed by atoms with Crippen LogP contribution in [0.4, 0.5) is 5.82 Å². The number of aromatic nitrogens is 1. The minimum atomic E-state index is 0.0216. The molecule has 1 rings (SSSR count). The van der Waals surface area contributed by atoms with Crippen molar-refractivity contribution in [3.63, 3.8) is 0 Å². The zero-order valence-corrected chi connectivity index (χ0v) is 10.7. The Balaban J connectivity index is 2.33. The minimum absolute atomic E-state index is 0.0216. The molecule has 0 aliphatic carbocycles. The van der Waals surface area contributed by atoms with Crippen LogP contribution >= 0.6 is 0 Å². The Kier molecular flexibility index (Phi) is 5.65. The van der Waals surface area contributed by atoms with Gasteiger partial charge in [-0.15, -0.1) is 0 Å². The quantitative estimate of drug-likeness (QED) is 0.800. The highest BCUT2D eigenvalue weighted by atomic mass is 16.1. The third-order valence-electron chi connectivity index (χ3n) is 2.54. The Morgan fingerprint density at radius 2 is 2.33 bits per heavy atom. The summed E-state index contributed by atoms with van der Waals surface area (Å²) in [5, 5.41) is 14.6. The largest absolute Gasteiger partial charge is 0.370 e. The van der Waals surface area contributed by atoms with Gasteiger partial charge in [0.15, 0.2) is 0 Å². The lowest BCUT2D eigenvalue weighted by molar-refractivity contribution is -0.121. The Morgan fingerprint density at radius 1 is 1.56 bits per heavy atom. The molecule has 2 N–H and O–H groups in total. The lowest BCUT2D eigenvalue weighted by atomic mass is 10.2. The first-order valence-electron chi connectivity index (χ1n) is 6.06. The fraction of sp³-hybridized carbons (Fsp3) is 0.462. The molecule has 1 amide bonds. The van der Waals surface area contributed by atoms with E-state index >= 15 is 0 Å². The number of hydrogen-bond donors (Lipinski definition) is 2. The summed E-state index contributed by atoms with van der Waals surface area (Å²) < 4.78 is 0. The van der Waals surface area contributed by atoms with Crippen LogP contribution in [0.2, 0.25) is 0 Å². The maximum absolute atomic E-state index is 11.5. The van der Waals surface area contributed by atoms with Crippen molar-refractivity contribution in [1.29, 1.82) is 5.26 Å². The Bertz CT molecular complexity index is 439. The number of hydrogen-bond acceptors (Lipinski definition) is 4. The van der Waals surface area contributed by atoms with E-state index in [1.807, 2.05) is 19.9 Å². The molecule has 1 unspecified atom stereocenters. The smallest absolute Gasteiger partial charge is 0.221 e. The molecule has 0 bridgehead atoms. The molecule has 18 heavy (non-hydrogen) atoms. The molecule has 5 nitrogen and oxygen atoms in total. The van der Waals surface area contributed by atoms with Crippen LogP contribution in [-0.4, -0.2) is 23.5 Å². The van der Waals surface area contributed by atoms with Crippen molar-refractivity contribution in [3.8, 4) is 6.07 Å². The van der Waals surface area contributed by atoms with Crippen LogP contribution < -0.4 is 10.6 Å². The van der Waals surface area contributed by atoms with Crippen molar-refractivity contribution in [3.05, 3.63) is 23.9 Å². The summed E-state index contributed by atoms with van der Waals surface area (Å²) in [6.45, 7) is 4.51. The summed E-state index contributed by atoms with van der Waals surface area (Å²) in [5.41, 5.74) is 0.365. The first-order valence-corrected chi connectivity index (χ1v) is 6.06. The van der Waals surface area contributed by atoms with Crippen molar-refractivity contribution >= 4 is 11.7 Å². The number of carbonyl (C=O) groups excluding carboxylic acids is 1. The SMILES string of the molecule is CCC(C)NC(=O)CCNc1cccc(C#N)n1. The van der Waals surface area contributed by atoms with Crippen LogP contribution in [0.1, 0.15) is 32.4 Å². The van der Waals surface area contributed by atoms with Gasteiger partial charge >= 0.3 is 0 Å². The van der Waals surface area contributed by atoms with Crippen molar-refractivity contribution in [2.24, 2.45) is 0 Å². The number of nitrogens with one attached hydrogen (secondary N) is 2. The summed E-state index contributed by atoms with van der Waals surface area (Å²) in [6, 6.07) is 7.34. The average molecular weight is 246 g/mol.